The first kappa shape index (κ1) is 15.6. The van der Waals surface area contributed by atoms with E-state index < -0.39 is 0 Å². The fourth-order valence-electron chi connectivity index (χ4n) is 3.20. The number of nitrogens with zero attached hydrogens (tertiary/aromatic N) is 4. The maximum atomic E-state index is 9.27. The van der Waals surface area contributed by atoms with Gasteiger partial charge in [-0.25, -0.2) is 9.97 Å². The van der Waals surface area contributed by atoms with Crippen LogP contribution in [0.2, 0.25) is 0 Å². The third-order valence-corrected chi connectivity index (χ3v) is 4.64. The Kier molecular flexibility index (Phi) is 4.90. The summed E-state index contributed by atoms with van der Waals surface area (Å²) < 4.78 is 5.88. The minimum atomic E-state index is 0.0363. The summed E-state index contributed by atoms with van der Waals surface area (Å²) in [6.07, 6.45) is 2.09. The highest BCUT2D eigenvalue weighted by Gasteiger charge is 2.24. The van der Waals surface area contributed by atoms with E-state index in [9.17, 15) is 5.11 Å². The number of morpholine rings is 1. The van der Waals surface area contributed by atoms with Crippen molar-refractivity contribution in [2.75, 3.05) is 51.3 Å². The Bertz CT molecular complexity index is 503. The summed E-state index contributed by atoms with van der Waals surface area (Å²) in [7, 11) is 2.12. The Morgan fingerprint density at radius 3 is 2.73 bits per heavy atom. The van der Waals surface area contributed by atoms with Crippen molar-refractivity contribution >= 4 is 5.82 Å². The number of aliphatic hydroxyl groups excluding tert-OH is 1. The molecule has 0 spiro atoms. The van der Waals surface area contributed by atoms with E-state index in [2.05, 4.69) is 32.9 Å². The Labute approximate surface area is 132 Å². The van der Waals surface area contributed by atoms with Crippen LogP contribution in [-0.2, 0) is 4.74 Å². The van der Waals surface area contributed by atoms with Gasteiger partial charge in [-0.1, -0.05) is 0 Å². The molecule has 2 aliphatic rings. The molecule has 122 valence electrons. The Hall–Kier alpha value is -1.24. The van der Waals surface area contributed by atoms with Crippen LogP contribution < -0.4 is 4.90 Å². The molecule has 3 rings (SSSR count). The van der Waals surface area contributed by atoms with E-state index in [0.717, 1.165) is 63.0 Å². The van der Waals surface area contributed by atoms with Gasteiger partial charge in [0.15, 0.2) is 0 Å². The molecule has 2 aliphatic heterocycles. The Morgan fingerprint density at radius 1 is 1.27 bits per heavy atom. The summed E-state index contributed by atoms with van der Waals surface area (Å²) in [5.74, 6) is 2.23. The molecule has 0 bridgehead atoms. The van der Waals surface area contributed by atoms with Crippen LogP contribution in [0.5, 0.6) is 0 Å². The van der Waals surface area contributed by atoms with Gasteiger partial charge in [-0.2, -0.15) is 0 Å². The van der Waals surface area contributed by atoms with Crippen LogP contribution >= 0.6 is 0 Å². The highest BCUT2D eigenvalue weighted by molar-refractivity contribution is 5.41. The van der Waals surface area contributed by atoms with Crippen LogP contribution in [0.1, 0.15) is 30.5 Å². The normalized spacial score (nSPS) is 24.7. The lowest BCUT2D eigenvalue weighted by molar-refractivity contribution is -0.0232. The summed E-state index contributed by atoms with van der Waals surface area (Å²) in [5.41, 5.74) is 0.985. The topological polar surface area (TPSA) is 61.7 Å². The number of hydrogen-bond donors (Lipinski definition) is 1. The molecule has 0 aromatic carbocycles. The van der Waals surface area contributed by atoms with Crippen molar-refractivity contribution in [3.8, 4) is 0 Å². The minimum Gasteiger partial charge on any atom is -0.396 e. The van der Waals surface area contributed by atoms with E-state index in [1.54, 1.807) is 0 Å². The first-order valence-corrected chi connectivity index (χ1v) is 8.17. The molecule has 22 heavy (non-hydrogen) atoms. The molecule has 0 unspecified atom stereocenters. The Morgan fingerprint density at radius 2 is 2.05 bits per heavy atom. The predicted molar refractivity (Wildman–Crippen MR) is 85.0 cm³/mol. The molecule has 3 heterocycles. The fourth-order valence-corrected chi connectivity index (χ4v) is 3.20. The lowest BCUT2D eigenvalue weighted by Crippen LogP contribution is -2.37. The van der Waals surface area contributed by atoms with Crippen LogP contribution in [0, 0.1) is 12.8 Å². The summed E-state index contributed by atoms with van der Waals surface area (Å²) in [4.78, 5) is 13.8. The van der Waals surface area contributed by atoms with Gasteiger partial charge < -0.3 is 19.6 Å². The SMILES string of the molecule is Cc1nc([C@H]2CN(C)CCO2)cc(N2CCC(CO)CC2)n1. The Balaban J connectivity index is 1.75. The highest BCUT2D eigenvalue weighted by atomic mass is 16.5. The molecule has 0 aliphatic carbocycles. The molecule has 6 nitrogen and oxygen atoms in total. The molecular formula is C16H26N4O2. The van der Waals surface area contributed by atoms with Gasteiger partial charge in [0.25, 0.3) is 0 Å². The zero-order valence-corrected chi connectivity index (χ0v) is 13.5. The standard InChI is InChI=1S/C16H26N4O2/c1-12-17-14(15-10-19(2)7-8-22-15)9-16(18-12)20-5-3-13(11-21)4-6-20/h9,13,15,21H,3-8,10-11H2,1-2H3/t15-/m1/s1. The third-order valence-electron chi connectivity index (χ3n) is 4.64. The van der Waals surface area contributed by atoms with Gasteiger partial charge in [0.2, 0.25) is 0 Å². The molecule has 1 aromatic heterocycles. The van der Waals surface area contributed by atoms with Gasteiger partial charge in [-0.3, -0.25) is 0 Å². The van der Waals surface area contributed by atoms with Gasteiger partial charge in [0, 0.05) is 38.9 Å². The van der Waals surface area contributed by atoms with Crippen molar-refractivity contribution in [2.24, 2.45) is 5.92 Å². The molecule has 0 amide bonds. The second kappa shape index (κ2) is 6.89. The minimum absolute atomic E-state index is 0.0363. The van der Waals surface area contributed by atoms with Crippen LogP contribution in [0.25, 0.3) is 0 Å². The van der Waals surface area contributed by atoms with E-state index in [-0.39, 0.29) is 6.10 Å². The molecule has 1 aromatic rings. The molecule has 1 atom stereocenters. The van der Waals surface area contributed by atoms with Crippen LogP contribution in [-0.4, -0.2) is 66.4 Å². The van der Waals surface area contributed by atoms with Crippen LogP contribution in [0.15, 0.2) is 6.07 Å². The summed E-state index contributed by atoms with van der Waals surface area (Å²) in [6, 6.07) is 2.08. The number of aliphatic hydroxyl groups is 1. The van der Waals surface area contributed by atoms with Gasteiger partial charge in [-0.15, -0.1) is 0 Å². The molecule has 2 fully saturated rings. The second-order valence-electron chi connectivity index (χ2n) is 6.43. The van der Waals surface area contributed by atoms with Crippen LogP contribution in [0.4, 0.5) is 5.82 Å². The third kappa shape index (κ3) is 3.56. The molecule has 1 N–H and O–H groups in total. The number of hydrogen-bond acceptors (Lipinski definition) is 6. The van der Waals surface area contributed by atoms with E-state index in [1.807, 2.05) is 6.92 Å². The first-order valence-electron chi connectivity index (χ1n) is 8.17. The monoisotopic (exact) mass is 306 g/mol. The van der Waals surface area contributed by atoms with E-state index in [1.165, 1.54) is 0 Å². The van der Waals surface area contributed by atoms with Crippen molar-refractivity contribution in [1.82, 2.24) is 14.9 Å². The lowest BCUT2D eigenvalue weighted by atomic mass is 9.98. The number of rotatable bonds is 3. The van der Waals surface area contributed by atoms with Gasteiger partial charge in [-0.05, 0) is 32.7 Å². The molecule has 0 saturated carbocycles. The van der Waals surface area contributed by atoms with E-state index >= 15 is 0 Å². The maximum absolute atomic E-state index is 9.27. The van der Waals surface area contributed by atoms with E-state index in [0.29, 0.717) is 12.5 Å². The van der Waals surface area contributed by atoms with Crippen molar-refractivity contribution in [1.29, 1.82) is 0 Å². The molecular weight excluding hydrogens is 280 g/mol. The number of anilines is 1. The van der Waals surface area contributed by atoms with E-state index in [4.69, 9.17) is 4.74 Å². The summed E-state index contributed by atoms with van der Waals surface area (Å²) in [5, 5.41) is 9.27. The number of ether oxygens (including phenoxy) is 1. The van der Waals surface area contributed by atoms with Gasteiger partial charge in [0.05, 0.1) is 12.3 Å². The number of likely N-dealkylation sites (N-methyl/N-ethyl adjacent to an activating group) is 1. The zero-order chi connectivity index (χ0) is 15.5. The fraction of sp³-hybridized carbons (Fsp3) is 0.750. The number of piperidine rings is 1. The highest BCUT2D eigenvalue weighted by Crippen LogP contribution is 2.26. The molecule has 2 saturated heterocycles. The first-order chi connectivity index (χ1) is 10.7. The zero-order valence-electron chi connectivity index (χ0n) is 13.5. The van der Waals surface area contributed by atoms with Gasteiger partial charge in [0.1, 0.15) is 17.7 Å². The van der Waals surface area contributed by atoms with Crippen molar-refractivity contribution in [3.05, 3.63) is 17.6 Å². The van der Waals surface area contributed by atoms with Crippen molar-refractivity contribution in [2.45, 2.75) is 25.9 Å². The largest absolute Gasteiger partial charge is 0.396 e. The lowest BCUT2D eigenvalue weighted by Gasteiger charge is -2.33. The maximum Gasteiger partial charge on any atom is 0.132 e. The number of aryl methyl sites for hydroxylation is 1. The average molecular weight is 306 g/mol. The van der Waals surface area contributed by atoms with Crippen molar-refractivity contribution in [3.63, 3.8) is 0 Å². The van der Waals surface area contributed by atoms with Crippen molar-refractivity contribution < 1.29 is 9.84 Å². The molecule has 0 radical (unpaired) electrons. The average Bonchev–Trinajstić information content (AvgIpc) is 2.54. The second-order valence-corrected chi connectivity index (χ2v) is 6.43. The quantitative estimate of drug-likeness (QED) is 0.899. The predicted octanol–water partition coefficient (Wildman–Crippen LogP) is 0.997. The number of aromatic nitrogens is 2. The summed E-state index contributed by atoms with van der Waals surface area (Å²) in [6.45, 7) is 6.75. The van der Waals surface area contributed by atoms with Gasteiger partial charge >= 0.3 is 0 Å². The summed E-state index contributed by atoms with van der Waals surface area (Å²) >= 11 is 0. The molecule has 6 heteroatoms. The van der Waals surface area contributed by atoms with Crippen LogP contribution in [0.3, 0.4) is 0 Å². The smallest absolute Gasteiger partial charge is 0.132 e.